The lowest BCUT2D eigenvalue weighted by Gasteiger charge is -2.38. The molecule has 0 saturated carbocycles. The maximum atomic E-state index is 11.9. The lowest BCUT2D eigenvalue weighted by atomic mass is 9.94. The molecule has 2 N–H and O–H groups in total. The van der Waals surface area contributed by atoms with Crippen LogP contribution in [0.1, 0.15) is 40.0 Å². The molecule has 1 heterocycles. The van der Waals surface area contributed by atoms with Crippen LogP contribution in [0.2, 0.25) is 0 Å². The first-order chi connectivity index (χ1) is 9.61. The van der Waals surface area contributed by atoms with Crippen LogP contribution in [-0.4, -0.2) is 63.0 Å². The van der Waals surface area contributed by atoms with E-state index in [1.165, 1.54) is 11.8 Å². The van der Waals surface area contributed by atoms with Gasteiger partial charge >= 0.3 is 12.1 Å². The predicted octanol–water partition coefficient (Wildman–Crippen LogP) is 1.96. The highest BCUT2D eigenvalue weighted by Gasteiger charge is 2.35. The zero-order valence-corrected chi connectivity index (χ0v) is 13.7. The van der Waals surface area contributed by atoms with Crippen molar-refractivity contribution in [1.29, 1.82) is 0 Å². The van der Waals surface area contributed by atoms with Crippen LogP contribution in [-0.2, 0) is 9.53 Å². The summed E-state index contributed by atoms with van der Waals surface area (Å²) in [5.74, 6) is 0.171. The second kappa shape index (κ2) is 7.35. The van der Waals surface area contributed by atoms with Crippen LogP contribution in [0.15, 0.2) is 0 Å². The van der Waals surface area contributed by atoms with E-state index in [2.05, 4.69) is 0 Å². The molecule has 0 aliphatic carbocycles. The molecule has 0 unspecified atom stereocenters. The maximum absolute atomic E-state index is 11.9. The first-order valence-electron chi connectivity index (χ1n) is 7.11. The number of carboxylic acid groups (broad SMARTS) is 1. The van der Waals surface area contributed by atoms with Crippen LogP contribution in [0.3, 0.4) is 0 Å². The molecule has 1 saturated heterocycles. The number of amides is 1. The largest absolute Gasteiger partial charge is 0.481 e. The summed E-state index contributed by atoms with van der Waals surface area (Å²) in [4.78, 5) is 24.0. The summed E-state index contributed by atoms with van der Waals surface area (Å²) in [6, 6.07) is 0. The number of hydrogen-bond donors (Lipinski definition) is 2. The highest BCUT2D eigenvalue weighted by atomic mass is 32.2. The monoisotopic (exact) mass is 319 g/mol. The molecule has 1 fully saturated rings. The van der Waals surface area contributed by atoms with Gasteiger partial charge < -0.3 is 19.8 Å². The molecule has 0 radical (unpaired) electrons. The number of aliphatic hydroxyl groups is 1. The van der Waals surface area contributed by atoms with Gasteiger partial charge in [0.1, 0.15) is 5.60 Å². The Morgan fingerprint density at radius 3 is 2.33 bits per heavy atom. The minimum Gasteiger partial charge on any atom is -0.481 e. The normalized spacial score (nSPS) is 18.4. The number of aliphatic carboxylic acids is 1. The van der Waals surface area contributed by atoms with Crippen LogP contribution < -0.4 is 0 Å². The van der Waals surface area contributed by atoms with Crippen molar-refractivity contribution in [2.75, 3.05) is 24.6 Å². The Balaban J connectivity index is 2.33. The fourth-order valence-corrected chi connectivity index (χ4v) is 3.13. The molecule has 6 nitrogen and oxygen atoms in total. The molecule has 0 bridgehead atoms. The molecular weight excluding hydrogens is 294 g/mol. The Morgan fingerprint density at radius 2 is 1.86 bits per heavy atom. The molecule has 0 spiro atoms. The number of carbonyl (C=O) groups excluding carboxylic acids is 1. The van der Waals surface area contributed by atoms with E-state index in [1.807, 2.05) is 20.8 Å². The minimum atomic E-state index is -0.825. The summed E-state index contributed by atoms with van der Waals surface area (Å²) in [6.07, 6.45) is 0.742. The zero-order chi connectivity index (χ0) is 16.1. The molecule has 1 rings (SSSR count). The van der Waals surface area contributed by atoms with Crippen LogP contribution in [0, 0.1) is 0 Å². The fraction of sp³-hybridized carbons (Fsp3) is 0.857. The second-order valence-corrected chi connectivity index (χ2v) is 7.49. The van der Waals surface area contributed by atoms with E-state index < -0.39 is 17.2 Å². The predicted molar refractivity (Wildman–Crippen MR) is 81.6 cm³/mol. The molecule has 0 aromatic rings. The van der Waals surface area contributed by atoms with E-state index in [4.69, 9.17) is 9.84 Å². The van der Waals surface area contributed by atoms with E-state index >= 15 is 0 Å². The van der Waals surface area contributed by atoms with Crippen LogP contribution >= 0.6 is 11.8 Å². The van der Waals surface area contributed by atoms with Crippen LogP contribution in [0.25, 0.3) is 0 Å². The Labute approximate surface area is 129 Å². The van der Waals surface area contributed by atoms with Gasteiger partial charge in [-0.1, -0.05) is 0 Å². The topological polar surface area (TPSA) is 87.1 Å². The standard InChI is InChI=1S/C14H25NO5S/c1-13(2,3)20-12(18)15-7-5-14(19,6-8-15)10-21-9-4-11(16)17/h19H,4-10H2,1-3H3,(H,16,17). The van der Waals surface area contributed by atoms with Gasteiger partial charge in [0.05, 0.1) is 12.0 Å². The van der Waals surface area contributed by atoms with E-state index in [9.17, 15) is 14.7 Å². The number of rotatable bonds is 5. The fourth-order valence-electron chi connectivity index (χ4n) is 2.00. The Morgan fingerprint density at radius 1 is 1.29 bits per heavy atom. The number of carboxylic acids is 1. The molecular formula is C14H25NO5S. The SMILES string of the molecule is CC(C)(C)OC(=O)N1CCC(O)(CSCCC(=O)O)CC1. The molecule has 21 heavy (non-hydrogen) atoms. The van der Waals surface area contributed by atoms with E-state index in [0.29, 0.717) is 37.4 Å². The average Bonchev–Trinajstić information content (AvgIpc) is 2.33. The number of carbonyl (C=O) groups is 2. The number of piperidine rings is 1. The van der Waals surface area contributed by atoms with Gasteiger partial charge in [0.2, 0.25) is 0 Å². The second-order valence-electron chi connectivity index (χ2n) is 6.39. The highest BCUT2D eigenvalue weighted by Crippen LogP contribution is 2.27. The number of hydrogen-bond acceptors (Lipinski definition) is 5. The van der Waals surface area contributed by atoms with Crippen molar-refractivity contribution in [1.82, 2.24) is 4.90 Å². The summed E-state index contributed by atoms with van der Waals surface area (Å²) in [7, 11) is 0. The van der Waals surface area contributed by atoms with Gasteiger partial charge in [0, 0.05) is 24.6 Å². The third-order valence-corrected chi connectivity index (χ3v) is 4.41. The van der Waals surface area contributed by atoms with Crippen molar-refractivity contribution < 1.29 is 24.5 Å². The highest BCUT2D eigenvalue weighted by molar-refractivity contribution is 7.99. The summed E-state index contributed by atoms with van der Waals surface area (Å²) < 4.78 is 5.31. The summed E-state index contributed by atoms with van der Waals surface area (Å²) in [5, 5.41) is 19.0. The summed E-state index contributed by atoms with van der Waals surface area (Å²) in [6.45, 7) is 6.40. The molecule has 0 atom stereocenters. The van der Waals surface area contributed by atoms with Crippen molar-refractivity contribution in [2.24, 2.45) is 0 Å². The third kappa shape index (κ3) is 7.04. The Kier molecular flexibility index (Phi) is 6.34. The lowest BCUT2D eigenvalue weighted by molar-refractivity contribution is -0.136. The van der Waals surface area contributed by atoms with Crippen molar-refractivity contribution in [3.05, 3.63) is 0 Å². The number of thioether (sulfide) groups is 1. The molecule has 122 valence electrons. The lowest BCUT2D eigenvalue weighted by Crippen LogP contribution is -2.49. The van der Waals surface area contributed by atoms with Gasteiger partial charge in [-0.3, -0.25) is 4.79 Å². The van der Waals surface area contributed by atoms with Gasteiger partial charge in [-0.25, -0.2) is 4.79 Å². The van der Waals surface area contributed by atoms with E-state index in [0.717, 1.165) is 0 Å². The smallest absolute Gasteiger partial charge is 0.410 e. The quantitative estimate of drug-likeness (QED) is 0.753. The van der Waals surface area contributed by atoms with E-state index in [1.54, 1.807) is 4.90 Å². The molecule has 1 aliphatic heterocycles. The minimum absolute atomic E-state index is 0.102. The molecule has 0 aromatic heterocycles. The Hall–Kier alpha value is -0.950. The summed E-state index contributed by atoms with van der Waals surface area (Å²) >= 11 is 1.44. The first kappa shape index (κ1) is 18.1. The molecule has 0 aromatic carbocycles. The van der Waals surface area contributed by atoms with Gasteiger partial charge in [0.25, 0.3) is 0 Å². The average molecular weight is 319 g/mol. The van der Waals surface area contributed by atoms with Gasteiger partial charge in [0.15, 0.2) is 0 Å². The van der Waals surface area contributed by atoms with Gasteiger partial charge in [-0.15, -0.1) is 0 Å². The van der Waals surface area contributed by atoms with E-state index in [-0.39, 0.29) is 12.5 Å². The first-order valence-corrected chi connectivity index (χ1v) is 8.27. The van der Waals surface area contributed by atoms with Crippen LogP contribution in [0.5, 0.6) is 0 Å². The number of ether oxygens (including phenoxy) is 1. The summed E-state index contributed by atoms with van der Waals surface area (Å²) in [5.41, 5.74) is -1.33. The third-order valence-electron chi connectivity index (χ3n) is 3.18. The van der Waals surface area contributed by atoms with Gasteiger partial charge in [-0.2, -0.15) is 11.8 Å². The van der Waals surface area contributed by atoms with Crippen molar-refractivity contribution in [2.45, 2.75) is 51.2 Å². The molecule has 1 amide bonds. The van der Waals surface area contributed by atoms with Gasteiger partial charge in [-0.05, 0) is 33.6 Å². The van der Waals surface area contributed by atoms with Crippen LogP contribution in [0.4, 0.5) is 4.79 Å². The zero-order valence-electron chi connectivity index (χ0n) is 12.9. The van der Waals surface area contributed by atoms with Crippen molar-refractivity contribution >= 4 is 23.8 Å². The van der Waals surface area contributed by atoms with Crippen molar-refractivity contribution in [3.63, 3.8) is 0 Å². The number of nitrogens with zero attached hydrogens (tertiary/aromatic N) is 1. The Bertz CT molecular complexity index is 372. The maximum Gasteiger partial charge on any atom is 0.410 e. The number of likely N-dealkylation sites (tertiary alicyclic amines) is 1. The molecule has 7 heteroatoms. The van der Waals surface area contributed by atoms with Crippen molar-refractivity contribution in [3.8, 4) is 0 Å². The molecule has 1 aliphatic rings.